The summed E-state index contributed by atoms with van der Waals surface area (Å²) >= 11 is 0. The SMILES string of the molecule is Cc1ccc2c(c1)CN(C(=O)CC(C)(C)NCC(=O)N1CCC[C@H]1C(=O)c1nn(C)c(=O)o1)C2. The number of aromatic nitrogens is 2. The lowest BCUT2D eigenvalue weighted by Crippen LogP contribution is -2.50. The van der Waals surface area contributed by atoms with Crippen molar-refractivity contribution in [2.24, 2.45) is 7.05 Å². The van der Waals surface area contributed by atoms with Crippen LogP contribution in [0.5, 0.6) is 0 Å². The molecule has 2 aromatic rings. The van der Waals surface area contributed by atoms with Gasteiger partial charge in [0.2, 0.25) is 17.6 Å². The number of carbonyl (C=O) groups excluding carboxylic acids is 3. The van der Waals surface area contributed by atoms with Crippen LogP contribution in [0.25, 0.3) is 0 Å². The van der Waals surface area contributed by atoms with Crippen molar-refractivity contribution in [1.29, 1.82) is 0 Å². The lowest BCUT2D eigenvalue weighted by atomic mass is 9.99. The van der Waals surface area contributed by atoms with Crippen LogP contribution in [-0.2, 0) is 29.7 Å². The Bertz CT molecular complexity index is 1180. The molecule has 2 amide bonds. The monoisotopic (exact) mass is 469 g/mol. The van der Waals surface area contributed by atoms with Gasteiger partial charge in [-0.15, -0.1) is 5.10 Å². The maximum absolute atomic E-state index is 12.9. The van der Waals surface area contributed by atoms with Crippen LogP contribution in [0.15, 0.2) is 27.4 Å². The molecule has 2 aliphatic rings. The first kappa shape index (κ1) is 23.9. The number of hydrogen-bond donors (Lipinski definition) is 1. The molecule has 0 unspecified atom stereocenters. The minimum Gasteiger partial charge on any atom is -0.384 e. The third-order valence-electron chi connectivity index (χ3n) is 6.52. The smallest absolute Gasteiger partial charge is 0.384 e. The van der Waals surface area contributed by atoms with Crippen LogP contribution < -0.4 is 11.1 Å². The second-order valence-electron chi connectivity index (χ2n) is 9.84. The summed E-state index contributed by atoms with van der Waals surface area (Å²) in [5.74, 6) is -1.68. The molecule has 10 heteroatoms. The van der Waals surface area contributed by atoms with E-state index in [2.05, 4.69) is 28.6 Å². The van der Waals surface area contributed by atoms with Crippen molar-refractivity contribution < 1.29 is 18.8 Å². The van der Waals surface area contributed by atoms with Crippen LogP contribution in [0.2, 0.25) is 0 Å². The summed E-state index contributed by atoms with van der Waals surface area (Å²) in [5.41, 5.74) is 2.93. The summed E-state index contributed by atoms with van der Waals surface area (Å²) in [5, 5.41) is 7.01. The van der Waals surface area contributed by atoms with E-state index in [1.807, 2.05) is 25.7 Å². The van der Waals surface area contributed by atoms with Gasteiger partial charge in [-0.25, -0.2) is 4.79 Å². The highest BCUT2D eigenvalue weighted by atomic mass is 16.4. The Morgan fingerprint density at radius 3 is 2.62 bits per heavy atom. The van der Waals surface area contributed by atoms with E-state index in [4.69, 9.17) is 4.42 Å². The third-order valence-corrected chi connectivity index (χ3v) is 6.52. The fourth-order valence-corrected chi connectivity index (χ4v) is 4.59. The van der Waals surface area contributed by atoms with Crippen LogP contribution in [0.1, 0.15) is 60.5 Å². The zero-order chi connectivity index (χ0) is 24.6. The maximum Gasteiger partial charge on any atom is 0.437 e. The normalized spacial score (nSPS) is 17.8. The predicted octanol–water partition coefficient (Wildman–Crippen LogP) is 1.16. The molecule has 34 heavy (non-hydrogen) atoms. The van der Waals surface area contributed by atoms with E-state index in [1.54, 1.807) is 0 Å². The minimum absolute atomic E-state index is 0.00432. The number of rotatable bonds is 7. The highest BCUT2D eigenvalue weighted by Crippen LogP contribution is 2.26. The van der Waals surface area contributed by atoms with Crippen LogP contribution in [-0.4, -0.2) is 61.8 Å². The highest BCUT2D eigenvalue weighted by Gasteiger charge is 2.37. The molecule has 1 aromatic heterocycles. The molecule has 4 rings (SSSR count). The van der Waals surface area contributed by atoms with Crippen molar-refractivity contribution in [2.75, 3.05) is 13.1 Å². The first-order valence-electron chi connectivity index (χ1n) is 11.5. The molecule has 2 aliphatic heterocycles. The number of fused-ring (bicyclic) bond motifs is 1. The Labute approximate surface area is 197 Å². The van der Waals surface area contributed by atoms with Crippen molar-refractivity contribution in [3.05, 3.63) is 51.3 Å². The van der Waals surface area contributed by atoms with E-state index in [9.17, 15) is 19.2 Å². The fourth-order valence-electron chi connectivity index (χ4n) is 4.59. The van der Waals surface area contributed by atoms with E-state index in [-0.39, 0.29) is 30.7 Å². The predicted molar refractivity (Wildman–Crippen MR) is 123 cm³/mol. The van der Waals surface area contributed by atoms with E-state index in [1.165, 1.54) is 28.6 Å². The number of Topliss-reactive ketones (excluding diaryl/α,β-unsaturated/α-hetero) is 1. The molecule has 1 fully saturated rings. The average Bonchev–Trinajstić information content (AvgIpc) is 3.50. The van der Waals surface area contributed by atoms with Crippen LogP contribution >= 0.6 is 0 Å². The van der Waals surface area contributed by atoms with Gasteiger partial charge >= 0.3 is 5.76 Å². The van der Waals surface area contributed by atoms with Gasteiger partial charge < -0.3 is 19.5 Å². The van der Waals surface area contributed by atoms with Gasteiger partial charge in [-0.2, -0.15) is 4.68 Å². The number of amides is 2. The van der Waals surface area contributed by atoms with Gasteiger partial charge in [0.05, 0.1) is 6.54 Å². The fraction of sp³-hybridized carbons (Fsp3) is 0.542. The van der Waals surface area contributed by atoms with Gasteiger partial charge in [-0.1, -0.05) is 23.8 Å². The first-order chi connectivity index (χ1) is 16.0. The number of ketones is 1. The largest absolute Gasteiger partial charge is 0.437 e. The van der Waals surface area contributed by atoms with Gasteiger partial charge in [0, 0.05) is 38.6 Å². The maximum atomic E-state index is 12.9. The van der Waals surface area contributed by atoms with Crippen LogP contribution in [0.4, 0.5) is 0 Å². The quantitative estimate of drug-likeness (QED) is 0.605. The second-order valence-corrected chi connectivity index (χ2v) is 9.84. The number of hydrogen-bond acceptors (Lipinski definition) is 7. The van der Waals surface area contributed by atoms with Gasteiger partial charge in [-0.05, 0) is 44.7 Å². The molecule has 3 heterocycles. The summed E-state index contributed by atoms with van der Waals surface area (Å²) in [6.45, 7) is 7.46. The standard InChI is InChI=1S/C24H31N5O5/c1-15-7-8-16-13-28(14-17(16)10-15)19(30)11-24(2,3)25-12-20(31)29-9-5-6-18(29)21(32)22-26-27(4)23(33)34-22/h7-8,10,18,25H,5-6,9,11-14H2,1-4H3/t18-/m0/s1. The molecule has 0 spiro atoms. The van der Waals surface area contributed by atoms with Gasteiger partial charge in [0.1, 0.15) is 6.04 Å². The van der Waals surface area contributed by atoms with Crippen LogP contribution in [0.3, 0.4) is 0 Å². The van der Waals surface area contributed by atoms with Crippen molar-refractivity contribution in [3.63, 3.8) is 0 Å². The Morgan fingerprint density at radius 1 is 1.18 bits per heavy atom. The van der Waals surface area contributed by atoms with E-state index >= 15 is 0 Å². The number of nitrogens with zero attached hydrogens (tertiary/aromatic N) is 4. The summed E-state index contributed by atoms with van der Waals surface area (Å²) in [6.07, 6.45) is 1.41. The molecule has 10 nitrogen and oxygen atoms in total. The molecule has 1 atom stereocenters. The number of likely N-dealkylation sites (tertiary alicyclic amines) is 1. The van der Waals surface area contributed by atoms with Crippen molar-refractivity contribution in [2.45, 2.75) is 64.7 Å². The Balaban J connectivity index is 1.32. The van der Waals surface area contributed by atoms with Crippen molar-refractivity contribution in [3.8, 4) is 0 Å². The van der Waals surface area contributed by atoms with Crippen LogP contribution in [0, 0.1) is 6.92 Å². The Morgan fingerprint density at radius 2 is 1.91 bits per heavy atom. The number of nitrogens with one attached hydrogen (secondary N) is 1. The lowest BCUT2D eigenvalue weighted by molar-refractivity contribution is -0.134. The van der Waals surface area contributed by atoms with Gasteiger partial charge in [-0.3, -0.25) is 14.4 Å². The summed E-state index contributed by atoms with van der Waals surface area (Å²) < 4.78 is 5.86. The zero-order valence-electron chi connectivity index (χ0n) is 20.1. The van der Waals surface area contributed by atoms with E-state index in [0.29, 0.717) is 32.5 Å². The minimum atomic E-state index is -0.719. The lowest BCUT2D eigenvalue weighted by Gasteiger charge is -2.30. The Hall–Kier alpha value is -3.27. The molecule has 182 valence electrons. The molecule has 1 aromatic carbocycles. The highest BCUT2D eigenvalue weighted by molar-refractivity contribution is 5.98. The van der Waals surface area contributed by atoms with Gasteiger partial charge in [0.25, 0.3) is 5.89 Å². The first-order valence-corrected chi connectivity index (χ1v) is 11.5. The topological polar surface area (TPSA) is 118 Å². The number of carbonyl (C=O) groups is 3. The summed E-state index contributed by atoms with van der Waals surface area (Å²) in [7, 11) is 1.40. The number of benzene rings is 1. The molecule has 0 radical (unpaired) electrons. The molecule has 1 saturated heterocycles. The molecule has 0 aliphatic carbocycles. The molecule has 1 N–H and O–H groups in total. The average molecular weight is 470 g/mol. The third kappa shape index (κ3) is 4.96. The molecular weight excluding hydrogens is 438 g/mol. The van der Waals surface area contributed by atoms with Gasteiger partial charge in [0.15, 0.2) is 0 Å². The van der Waals surface area contributed by atoms with E-state index in [0.717, 1.165) is 4.68 Å². The van der Waals surface area contributed by atoms with E-state index < -0.39 is 23.1 Å². The molecule has 0 saturated carbocycles. The molecular formula is C24H31N5O5. The summed E-state index contributed by atoms with van der Waals surface area (Å²) in [4.78, 5) is 53.5. The summed E-state index contributed by atoms with van der Waals surface area (Å²) in [6, 6.07) is 5.55. The molecule has 0 bridgehead atoms. The zero-order valence-corrected chi connectivity index (χ0v) is 20.1. The Kier molecular flexibility index (Phi) is 6.44. The van der Waals surface area contributed by atoms with Crippen molar-refractivity contribution >= 4 is 17.6 Å². The second kappa shape index (κ2) is 9.17. The van der Waals surface area contributed by atoms with Crippen molar-refractivity contribution in [1.82, 2.24) is 24.9 Å². The number of aryl methyl sites for hydroxylation is 2.